The lowest BCUT2D eigenvalue weighted by atomic mass is 9.91. The summed E-state index contributed by atoms with van der Waals surface area (Å²) in [7, 11) is 0. The lowest BCUT2D eigenvalue weighted by Crippen LogP contribution is -2.10. The summed E-state index contributed by atoms with van der Waals surface area (Å²) >= 11 is 0. The molecule has 0 atom stereocenters. The molecule has 2 nitrogen and oxygen atoms in total. The van der Waals surface area contributed by atoms with Gasteiger partial charge >= 0.3 is 0 Å². The van der Waals surface area contributed by atoms with Crippen molar-refractivity contribution in [1.29, 1.82) is 0 Å². The van der Waals surface area contributed by atoms with Crippen LogP contribution in [0.3, 0.4) is 0 Å². The van der Waals surface area contributed by atoms with Crippen LogP contribution in [0.15, 0.2) is 218 Å². The second-order valence-electron chi connectivity index (χ2n) is 13.8. The van der Waals surface area contributed by atoms with Crippen LogP contribution in [-0.2, 0) is 0 Å². The topological polar surface area (TPSA) is 8.17 Å². The minimum Gasteiger partial charge on any atom is -0.310 e. The maximum atomic E-state index is 2.39. The van der Waals surface area contributed by atoms with Gasteiger partial charge in [-0.3, -0.25) is 0 Å². The quantitative estimate of drug-likeness (QED) is 0.162. The second kappa shape index (κ2) is 13.4. The standard InChI is InChI=1S/C52H36N2/c1-3-15-37(16-4-1)41-21-11-22-43(35-41)53(44-23-14-24-45(36-44)54-50-29-9-7-25-48(50)49-26-8-10-30-51(49)54)42-33-31-39(32-34-42)47-28-13-20-40-19-12-27-46(52(40)47)38-17-5-2-6-18-38/h1-36H. The van der Waals surface area contributed by atoms with E-state index in [1.165, 1.54) is 66.0 Å². The van der Waals surface area contributed by atoms with E-state index in [9.17, 15) is 0 Å². The summed E-state index contributed by atoms with van der Waals surface area (Å²) in [5, 5.41) is 5.01. The van der Waals surface area contributed by atoms with E-state index < -0.39 is 0 Å². The highest BCUT2D eigenvalue weighted by Gasteiger charge is 2.18. The summed E-state index contributed by atoms with van der Waals surface area (Å²) in [6.07, 6.45) is 0. The number of anilines is 3. The molecular weight excluding hydrogens is 653 g/mol. The molecule has 0 bridgehead atoms. The predicted molar refractivity (Wildman–Crippen MR) is 229 cm³/mol. The van der Waals surface area contributed by atoms with Gasteiger partial charge in [-0.2, -0.15) is 0 Å². The summed E-state index contributed by atoms with van der Waals surface area (Å²) in [5.74, 6) is 0. The van der Waals surface area contributed by atoms with Gasteiger partial charge in [0.15, 0.2) is 0 Å². The van der Waals surface area contributed by atoms with E-state index >= 15 is 0 Å². The fraction of sp³-hybridized carbons (Fsp3) is 0. The highest BCUT2D eigenvalue weighted by molar-refractivity contribution is 6.09. The molecule has 0 spiro atoms. The first-order valence-corrected chi connectivity index (χ1v) is 18.5. The molecular formula is C52H36N2. The number of hydrogen-bond acceptors (Lipinski definition) is 1. The molecule has 0 amide bonds. The lowest BCUT2D eigenvalue weighted by Gasteiger charge is -2.27. The lowest BCUT2D eigenvalue weighted by molar-refractivity contribution is 1.17. The average molecular weight is 689 g/mol. The van der Waals surface area contributed by atoms with Crippen LogP contribution in [0.5, 0.6) is 0 Å². The zero-order valence-electron chi connectivity index (χ0n) is 29.7. The Hall–Kier alpha value is -7.16. The molecule has 0 aliphatic heterocycles. The fourth-order valence-corrected chi connectivity index (χ4v) is 8.10. The Bertz CT molecular complexity index is 2860. The van der Waals surface area contributed by atoms with E-state index in [-0.39, 0.29) is 0 Å². The Kier molecular flexibility index (Phi) is 7.85. The van der Waals surface area contributed by atoms with Gasteiger partial charge in [0, 0.05) is 33.5 Å². The molecule has 254 valence electrons. The van der Waals surface area contributed by atoms with Gasteiger partial charge in [0.2, 0.25) is 0 Å². The molecule has 0 unspecified atom stereocenters. The molecule has 54 heavy (non-hydrogen) atoms. The highest BCUT2D eigenvalue weighted by atomic mass is 15.1. The number of para-hydroxylation sites is 2. The van der Waals surface area contributed by atoms with E-state index in [0.29, 0.717) is 0 Å². The van der Waals surface area contributed by atoms with Crippen molar-refractivity contribution < 1.29 is 0 Å². The fourth-order valence-electron chi connectivity index (χ4n) is 8.10. The van der Waals surface area contributed by atoms with Gasteiger partial charge in [0.1, 0.15) is 0 Å². The molecule has 0 saturated heterocycles. The Balaban J connectivity index is 1.13. The van der Waals surface area contributed by atoms with Gasteiger partial charge in [-0.05, 0) is 98.8 Å². The third-order valence-electron chi connectivity index (χ3n) is 10.6. The molecule has 9 aromatic carbocycles. The number of aromatic nitrogens is 1. The molecule has 10 rings (SSSR count). The van der Waals surface area contributed by atoms with Crippen molar-refractivity contribution in [1.82, 2.24) is 4.57 Å². The second-order valence-corrected chi connectivity index (χ2v) is 13.8. The Morgan fingerprint density at radius 1 is 0.315 bits per heavy atom. The first-order chi connectivity index (χ1) is 26.8. The summed E-state index contributed by atoms with van der Waals surface area (Å²) in [6.45, 7) is 0. The van der Waals surface area contributed by atoms with Gasteiger partial charge in [-0.1, -0.05) is 164 Å². The normalized spacial score (nSPS) is 11.3. The largest absolute Gasteiger partial charge is 0.310 e. The molecule has 0 saturated carbocycles. The zero-order valence-corrected chi connectivity index (χ0v) is 29.7. The molecule has 2 heteroatoms. The highest BCUT2D eigenvalue weighted by Crippen LogP contribution is 2.41. The molecule has 0 aliphatic carbocycles. The van der Waals surface area contributed by atoms with Crippen molar-refractivity contribution in [2.75, 3.05) is 4.90 Å². The van der Waals surface area contributed by atoms with Crippen LogP contribution < -0.4 is 4.90 Å². The molecule has 0 aliphatic rings. The Labute approximate surface area is 315 Å². The first kappa shape index (κ1) is 31.6. The van der Waals surface area contributed by atoms with Crippen LogP contribution >= 0.6 is 0 Å². The molecule has 1 aromatic heterocycles. The van der Waals surface area contributed by atoms with Crippen molar-refractivity contribution in [3.63, 3.8) is 0 Å². The van der Waals surface area contributed by atoms with Crippen LogP contribution in [0.2, 0.25) is 0 Å². The SMILES string of the molecule is c1ccc(-c2cccc(N(c3ccc(-c4cccc5cccc(-c6ccccc6)c45)cc3)c3cccc(-n4c5ccccc5c5ccccc54)c3)c2)cc1. The maximum absolute atomic E-state index is 2.39. The number of benzene rings is 9. The molecule has 0 N–H and O–H groups in total. The smallest absolute Gasteiger partial charge is 0.0541 e. The van der Waals surface area contributed by atoms with E-state index in [2.05, 4.69) is 228 Å². The van der Waals surface area contributed by atoms with E-state index in [0.717, 1.165) is 22.7 Å². The third-order valence-corrected chi connectivity index (χ3v) is 10.6. The number of fused-ring (bicyclic) bond motifs is 4. The van der Waals surface area contributed by atoms with Gasteiger partial charge in [-0.25, -0.2) is 0 Å². The average Bonchev–Trinajstić information content (AvgIpc) is 3.59. The molecule has 0 radical (unpaired) electrons. The first-order valence-electron chi connectivity index (χ1n) is 18.5. The predicted octanol–water partition coefficient (Wildman–Crippen LogP) is 14.4. The van der Waals surface area contributed by atoms with Gasteiger partial charge < -0.3 is 9.47 Å². The molecule has 10 aromatic rings. The Morgan fingerprint density at radius 3 is 1.46 bits per heavy atom. The van der Waals surface area contributed by atoms with Crippen molar-refractivity contribution in [3.05, 3.63) is 218 Å². The summed E-state index contributed by atoms with van der Waals surface area (Å²) in [6, 6.07) is 78.8. The zero-order chi connectivity index (χ0) is 35.8. The van der Waals surface area contributed by atoms with Crippen molar-refractivity contribution in [2.24, 2.45) is 0 Å². The van der Waals surface area contributed by atoms with Gasteiger partial charge in [-0.15, -0.1) is 0 Å². The van der Waals surface area contributed by atoms with Crippen LogP contribution in [0, 0.1) is 0 Å². The van der Waals surface area contributed by atoms with Gasteiger partial charge in [0.05, 0.1) is 11.0 Å². The monoisotopic (exact) mass is 688 g/mol. The van der Waals surface area contributed by atoms with Crippen molar-refractivity contribution in [2.45, 2.75) is 0 Å². The van der Waals surface area contributed by atoms with Crippen LogP contribution in [0.4, 0.5) is 17.1 Å². The minimum absolute atomic E-state index is 1.09. The van der Waals surface area contributed by atoms with E-state index in [1.54, 1.807) is 0 Å². The maximum Gasteiger partial charge on any atom is 0.0541 e. The number of rotatable bonds is 7. The molecule has 0 fully saturated rings. The van der Waals surface area contributed by atoms with Crippen LogP contribution in [-0.4, -0.2) is 4.57 Å². The summed E-state index contributed by atoms with van der Waals surface area (Å²) in [5.41, 5.74) is 14.0. The summed E-state index contributed by atoms with van der Waals surface area (Å²) < 4.78 is 2.39. The Morgan fingerprint density at radius 2 is 0.815 bits per heavy atom. The van der Waals surface area contributed by atoms with Crippen molar-refractivity contribution >= 4 is 49.6 Å². The molecule has 1 heterocycles. The minimum atomic E-state index is 1.09. The van der Waals surface area contributed by atoms with Gasteiger partial charge in [0.25, 0.3) is 0 Å². The third kappa shape index (κ3) is 5.53. The van der Waals surface area contributed by atoms with E-state index in [1.807, 2.05) is 0 Å². The number of nitrogens with zero attached hydrogens (tertiary/aromatic N) is 2. The van der Waals surface area contributed by atoms with E-state index in [4.69, 9.17) is 0 Å². The van der Waals surface area contributed by atoms with Crippen LogP contribution in [0.25, 0.3) is 71.6 Å². The summed E-state index contributed by atoms with van der Waals surface area (Å²) in [4.78, 5) is 2.38. The van der Waals surface area contributed by atoms with Crippen molar-refractivity contribution in [3.8, 4) is 39.1 Å². The number of hydrogen-bond donors (Lipinski definition) is 0. The van der Waals surface area contributed by atoms with Crippen LogP contribution in [0.1, 0.15) is 0 Å².